The predicted octanol–water partition coefficient (Wildman–Crippen LogP) is 10.3. The zero-order chi connectivity index (χ0) is 33.8. The molecule has 0 aromatic heterocycles. The van der Waals surface area contributed by atoms with Gasteiger partial charge in [-0.1, -0.05) is 59.7 Å². The molecule has 6 rings (SSSR count). The first kappa shape index (κ1) is 32.6. The van der Waals surface area contributed by atoms with Crippen molar-refractivity contribution in [3.63, 3.8) is 0 Å². The van der Waals surface area contributed by atoms with E-state index in [-0.39, 0.29) is 6.61 Å². The Kier molecular flexibility index (Phi) is 10.6. The van der Waals surface area contributed by atoms with Crippen LogP contribution in [0.25, 0.3) is 0 Å². The number of esters is 1. The zero-order valence-electron chi connectivity index (χ0n) is 27.2. The summed E-state index contributed by atoms with van der Waals surface area (Å²) in [5.41, 5.74) is 7.46. The summed E-state index contributed by atoms with van der Waals surface area (Å²) < 4.78 is 11.5. The van der Waals surface area contributed by atoms with Gasteiger partial charge in [0.15, 0.2) is 5.75 Å². The Balaban J connectivity index is 0.931. The second-order valence-electron chi connectivity index (χ2n) is 11.3. The summed E-state index contributed by atoms with van der Waals surface area (Å²) in [5, 5.41) is 0. The fourth-order valence-electron chi connectivity index (χ4n) is 4.57. The molecular formula is C42H34N2O5. The van der Waals surface area contributed by atoms with Crippen molar-refractivity contribution >= 4 is 29.8 Å². The van der Waals surface area contributed by atoms with E-state index in [4.69, 9.17) is 19.2 Å². The van der Waals surface area contributed by atoms with Gasteiger partial charge in [-0.15, -0.1) is 0 Å². The largest absolute Gasteiger partial charge is 0.457 e. The van der Waals surface area contributed by atoms with Crippen molar-refractivity contribution in [1.29, 1.82) is 0 Å². The standard InChI is InChI=1S/C42H34N2O5/c1-30-3-15-36(16-4-30)43-27-32-7-9-34(10-8-32)29-46-49-41-25-23-39(24-26-41)47-38-21-13-35(14-22-38)42(45)48-40-19-11-33(12-20-40)28-44-37-17-5-31(2)6-18-37/h3-28H,29H2,1-2H3. The van der Waals surface area contributed by atoms with Crippen LogP contribution in [0, 0.1) is 13.8 Å². The summed E-state index contributed by atoms with van der Waals surface area (Å²) in [6, 6.07) is 45.0. The predicted molar refractivity (Wildman–Crippen MR) is 193 cm³/mol. The fraction of sp³-hybridized carbons (Fsp3) is 0.0714. The number of hydrogen-bond acceptors (Lipinski definition) is 7. The first-order chi connectivity index (χ1) is 23.9. The van der Waals surface area contributed by atoms with Crippen LogP contribution in [0.4, 0.5) is 11.4 Å². The van der Waals surface area contributed by atoms with Crippen molar-refractivity contribution in [1.82, 2.24) is 0 Å². The first-order valence-corrected chi connectivity index (χ1v) is 15.8. The Hall–Kier alpha value is -6.31. The molecular weight excluding hydrogens is 612 g/mol. The molecule has 0 saturated carbocycles. The lowest BCUT2D eigenvalue weighted by Crippen LogP contribution is -2.08. The normalized spacial score (nSPS) is 11.1. The minimum Gasteiger partial charge on any atom is -0.457 e. The maximum Gasteiger partial charge on any atom is 0.343 e. The molecule has 0 unspecified atom stereocenters. The maximum atomic E-state index is 12.7. The van der Waals surface area contributed by atoms with E-state index >= 15 is 0 Å². The number of hydrogen-bond donors (Lipinski definition) is 0. The maximum absolute atomic E-state index is 12.7. The molecule has 0 bridgehead atoms. The summed E-state index contributed by atoms with van der Waals surface area (Å²) in [7, 11) is 0. The van der Waals surface area contributed by atoms with Gasteiger partial charge in [-0.3, -0.25) is 9.98 Å². The van der Waals surface area contributed by atoms with Gasteiger partial charge in [0, 0.05) is 12.4 Å². The molecule has 0 heterocycles. The highest BCUT2D eigenvalue weighted by molar-refractivity contribution is 5.91. The van der Waals surface area contributed by atoms with Crippen molar-refractivity contribution in [2.24, 2.45) is 9.98 Å². The molecule has 0 aliphatic carbocycles. The molecule has 0 aliphatic rings. The fourth-order valence-corrected chi connectivity index (χ4v) is 4.57. The minimum atomic E-state index is -0.461. The van der Waals surface area contributed by atoms with Crippen molar-refractivity contribution < 1.29 is 24.0 Å². The summed E-state index contributed by atoms with van der Waals surface area (Å²) in [4.78, 5) is 32.6. The lowest BCUT2D eigenvalue weighted by Gasteiger charge is -2.09. The van der Waals surface area contributed by atoms with Crippen LogP contribution in [0.1, 0.15) is 38.2 Å². The van der Waals surface area contributed by atoms with Crippen LogP contribution in [0.15, 0.2) is 156 Å². The van der Waals surface area contributed by atoms with E-state index in [2.05, 4.69) is 16.9 Å². The molecule has 0 N–H and O–H groups in total. The average molecular weight is 647 g/mol. The van der Waals surface area contributed by atoms with Crippen molar-refractivity contribution in [2.75, 3.05) is 0 Å². The highest BCUT2D eigenvalue weighted by atomic mass is 17.2. The van der Waals surface area contributed by atoms with Crippen LogP contribution in [-0.2, 0) is 11.5 Å². The summed E-state index contributed by atoms with van der Waals surface area (Å²) in [5.74, 6) is 1.71. The lowest BCUT2D eigenvalue weighted by atomic mass is 10.1. The SMILES string of the molecule is Cc1ccc(N=Cc2ccc(COOc3ccc(Oc4ccc(C(=O)Oc5ccc(C=Nc6ccc(C)cc6)cc5)cc4)cc3)cc2)cc1. The Morgan fingerprint density at radius 2 is 0.980 bits per heavy atom. The Labute approximate surface area is 285 Å². The molecule has 6 aromatic carbocycles. The zero-order valence-corrected chi connectivity index (χ0v) is 27.2. The number of benzene rings is 6. The topological polar surface area (TPSA) is 78.7 Å². The molecule has 242 valence electrons. The van der Waals surface area contributed by atoms with Gasteiger partial charge < -0.3 is 14.4 Å². The summed E-state index contributed by atoms with van der Waals surface area (Å²) in [6.07, 6.45) is 3.61. The summed E-state index contributed by atoms with van der Waals surface area (Å²) >= 11 is 0. The minimum absolute atomic E-state index is 0.289. The van der Waals surface area contributed by atoms with E-state index in [0.29, 0.717) is 28.6 Å². The van der Waals surface area contributed by atoms with Gasteiger partial charge >= 0.3 is 5.97 Å². The van der Waals surface area contributed by atoms with E-state index in [9.17, 15) is 4.79 Å². The molecule has 0 aliphatic heterocycles. The molecule has 7 heteroatoms. The Morgan fingerprint density at radius 3 is 1.51 bits per heavy atom. The van der Waals surface area contributed by atoms with Gasteiger partial charge in [-0.05, 0) is 128 Å². The first-order valence-electron chi connectivity index (χ1n) is 15.8. The molecule has 0 radical (unpaired) electrons. The molecule has 0 saturated heterocycles. The number of ether oxygens (including phenoxy) is 2. The van der Waals surface area contributed by atoms with Crippen LogP contribution in [0.5, 0.6) is 23.0 Å². The van der Waals surface area contributed by atoms with E-state index in [1.165, 1.54) is 11.1 Å². The second-order valence-corrected chi connectivity index (χ2v) is 11.3. The van der Waals surface area contributed by atoms with Crippen LogP contribution < -0.4 is 14.4 Å². The second kappa shape index (κ2) is 16.0. The molecule has 0 spiro atoms. The highest BCUT2D eigenvalue weighted by Crippen LogP contribution is 2.25. The Bertz CT molecular complexity index is 2020. The Morgan fingerprint density at radius 1 is 0.531 bits per heavy atom. The third-order valence-electron chi connectivity index (χ3n) is 7.39. The van der Waals surface area contributed by atoms with Crippen molar-refractivity contribution in [3.8, 4) is 23.0 Å². The molecule has 49 heavy (non-hydrogen) atoms. The van der Waals surface area contributed by atoms with Gasteiger partial charge in [0.1, 0.15) is 23.9 Å². The number of aliphatic imine (C=N–C) groups is 2. The van der Waals surface area contributed by atoms with Crippen molar-refractivity contribution in [3.05, 3.63) is 179 Å². The van der Waals surface area contributed by atoms with Gasteiger partial charge in [-0.2, -0.15) is 4.89 Å². The van der Waals surface area contributed by atoms with E-state index in [1.54, 1.807) is 66.9 Å². The molecule has 0 atom stereocenters. The molecule has 0 amide bonds. The number of carbonyl (C=O) groups excluding carboxylic acids is 1. The van der Waals surface area contributed by atoms with E-state index in [1.807, 2.05) is 98.1 Å². The lowest BCUT2D eigenvalue weighted by molar-refractivity contribution is -0.217. The number of rotatable bonds is 12. The third-order valence-corrected chi connectivity index (χ3v) is 7.39. The van der Waals surface area contributed by atoms with Gasteiger partial charge in [0.2, 0.25) is 0 Å². The third kappa shape index (κ3) is 9.84. The van der Waals surface area contributed by atoms with Gasteiger partial charge in [-0.25, -0.2) is 4.79 Å². The molecule has 7 nitrogen and oxygen atoms in total. The van der Waals surface area contributed by atoms with Crippen LogP contribution in [0.3, 0.4) is 0 Å². The van der Waals surface area contributed by atoms with Crippen LogP contribution in [-0.4, -0.2) is 18.4 Å². The average Bonchev–Trinajstić information content (AvgIpc) is 3.13. The van der Waals surface area contributed by atoms with Crippen LogP contribution >= 0.6 is 0 Å². The quantitative estimate of drug-likeness (QED) is 0.0435. The van der Waals surface area contributed by atoms with Crippen LogP contribution in [0.2, 0.25) is 0 Å². The smallest absolute Gasteiger partial charge is 0.343 e. The molecule has 0 fully saturated rings. The van der Waals surface area contributed by atoms with Gasteiger partial charge in [0.05, 0.1) is 16.9 Å². The number of nitrogens with zero attached hydrogens (tertiary/aromatic N) is 2. The highest BCUT2D eigenvalue weighted by Gasteiger charge is 2.09. The van der Waals surface area contributed by atoms with E-state index in [0.717, 1.165) is 28.1 Å². The number of carbonyl (C=O) groups is 1. The van der Waals surface area contributed by atoms with Gasteiger partial charge in [0.25, 0.3) is 0 Å². The number of aryl methyl sites for hydroxylation is 2. The van der Waals surface area contributed by atoms with Crippen molar-refractivity contribution in [2.45, 2.75) is 20.5 Å². The van der Waals surface area contributed by atoms with E-state index < -0.39 is 5.97 Å². The monoisotopic (exact) mass is 646 g/mol. The summed E-state index contributed by atoms with van der Waals surface area (Å²) in [6.45, 7) is 4.38. The molecule has 6 aromatic rings.